The molecule has 5 nitrogen and oxygen atoms in total. The van der Waals surface area contributed by atoms with Crippen LogP contribution in [0.3, 0.4) is 0 Å². The van der Waals surface area contributed by atoms with Gasteiger partial charge in [0.2, 0.25) is 5.13 Å². The number of nitrogens with two attached hydrogens (primary N) is 1. The van der Waals surface area contributed by atoms with Crippen LogP contribution in [0.4, 0.5) is 5.13 Å². The van der Waals surface area contributed by atoms with E-state index in [1.807, 2.05) is 0 Å². The molecule has 0 spiro atoms. The lowest BCUT2D eigenvalue weighted by molar-refractivity contribution is -0.143. The van der Waals surface area contributed by atoms with Crippen molar-refractivity contribution in [3.8, 4) is 0 Å². The Balaban J connectivity index is 2.18. The van der Waals surface area contributed by atoms with Crippen molar-refractivity contribution in [3.05, 3.63) is 5.01 Å². The van der Waals surface area contributed by atoms with Crippen molar-refractivity contribution < 1.29 is 9.53 Å². The molecule has 6 heteroatoms. The first-order valence-corrected chi connectivity index (χ1v) is 5.27. The number of carbonyl (C=O) groups excluding carboxylic acids is 1. The molecule has 0 saturated heterocycles. The molecule has 14 heavy (non-hydrogen) atoms. The normalized spacial score (nSPS) is 10.1. The van der Waals surface area contributed by atoms with E-state index >= 15 is 0 Å². The van der Waals surface area contributed by atoms with Crippen molar-refractivity contribution in [3.63, 3.8) is 0 Å². The summed E-state index contributed by atoms with van der Waals surface area (Å²) in [7, 11) is 0. The Kier molecular flexibility index (Phi) is 4.31. The van der Waals surface area contributed by atoms with Gasteiger partial charge in [-0.1, -0.05) is 11.3 Å². The average molecular weight is 215 g/mol. The van der Waals surface area contributed by atoms with Gasteiger partial charge in [0.15, 0.2) is 0 Å². The van der Waals surface area contributed by atoms with Crippen LogP contribution in [0.25, 0.3) is 0 Å². The minimum atomic E-state index is -0.162. The van der Waals surface area contributed by atoms with Crippen LogP contribution in [-0.4, -0.2) is 22.8 Å². The topological polar surface area (TPSA) is 78.1 Å². The second-order valence-corrected chi connectivity index (χ2v) is 3.79. The number of anilines is 1. The van der Waals surface area contributed by atoms with Gasteiger partial charge >= 0.3 is 5.97 Å². The molecule has 1 heterocycles. The lowest BCUT2D eigenvalue weighted by Gasteiger charge is -1.99. The van der Waals surface area contributed by atoms with Gasteiger partial charge in [0.05, 0.1) is 6.61 Å². The van der Waals surface area contributed by atoms with Gasteiger partial charge < -0.3 is 10.5 Å². The van der Waals surface area contributed by atoms with Crippen LogP contribution >= 0.6 is 11.3 Å². The largest absolute Gasteiger partial charge is 0.466 e. The fraction of sp³-hybridized carbons (Fsp3) is 0.625. The van der Waals surface area contributed by atoms with Gasteiger partial charge in [-0.3, -0.25) is 4.79 Å². The first kappa shape index (κ1) is 10.9. The van der Waals surface area contributed by atoms with Crippen LogP contribution in [0.15, 0.2) is 0 Å². The van der Waals surface area contributed by atoms with E-state index in [0.717, 1.165) is 17.8 Å². The van der Waals surface area contributed by atoms with Crippen molar-refractivity contribution in [2.24, 2.45) is 0 Å². The van der Waals surface area contributed by atoms with E-state index in [4.69, 9.17) is 10.5 Å². The Hall–Kier alpha value is -1.17. The van der Waals surface area contributed by atoms with E-state index in [0.29, 0.717) is 18.2 Å². The quantitative estimate of drug-likeness (QED) is 0.741. The highest BCUT2D eigenvalue weighted by Gasteiger charge is 2.04. The van der Waals surface area contributed by atoms with Crippen molar-refractivity contribution in [2.45, 2.75) is 26.2 Å². The van der Waals surface area contributed by atoms with Crippen LogP contribution < -0.4 is 5.73 Å². The molecule has 1 rings (SSSR count). The SMILES string of the molecule is CCOC(=O)CCCc1nnc(N)s1. The molecule has 0 fully saturated rings. The maximum Gasteiger partial charge on any atom is 0.305 e. The number of aromatic nitrogens is 2. The molecule has 0 bridgehead atoms. The van der Waals surface area contributed by atoms with Gasteiger partial charge in [-0.25, -0.2) is 0 Å². The van der Waals surface area contributed by atoms with E-state index in [2.05, 4.69) is 10.2 Å². The van der Waals surface area contributed by atoms with E-state index < -0.39 is 0 Å². The number of hydrogen-bond donors (Lipinski definition) is 1. The highest BCUT2D eigenvalue weighted by atomic mass is 32.1. The molecule has 2 N–H and O–H groups in total. The molecule has 0 amide bonds. The van der Waals surface area contributed by atoms with Crippen LogP contribution in [0.2, 0.25) is 0 Å². The minimum Gasteiger partial charge on any atom is -0.466 e. The summed E-state index contributed by atoms with van der Waals surface area (Å²) >= 11 is 1.36. The van der Waals surface area contributed by atoms with Gasteiger partial charge in [0.1, 0.15) is 5.01 Å². The first-order chi connectivity index (χ1) is 6.72. The summed E-state index contributed by atoms with van der Waals surface area (Å²) in [6, 6.07) is 0. The molecule has 0 aliphatic heterocycles. The van der Waals surface area contributed by atoms with Crippen molar-refractivity contribution in [1.29, 1.82) is 0 Å². The Morgan fingerprint density at radius 2 is 2.36 bits per heavy atom. The van der Waals surface area contributed by atoms with Crippen LogP contribution in [0, 0.1) is 0 Å². The molecule has 78 valence electrons. The monoisotopic (exact) mass is 215 g/mol. The lowest BCUT2D eigenvalue weighted by Crippen LogP contribution is -2.03. The molecule has 0 aromatic carbocycles. The number of ether oxygens (including phenoxy) is 1. The summed E-state index contributed by atoms with van der Waals surface area (Å²) in [5.74, 6) is -0.162. The van der Waals surface area contributed by atoms with Crippen LogP contribution in [-0.2, 0) is 16.0 Å². The molecule has 0 aliphatic rings. The molecule has 0 unspecified atom stereocenters. The minimum absolute atomic E-state index is 0.162. The maximum atomic E-state index is 11.0. The fourth-order valence-electron chi connectivity index (χ4n) is 0.985. The predicted molar refractivity (Wildman–Crippen MR) is 53.9 cm³/mol. The van der Waals surface area contributed by atoms with Crippen LogP contribution in [0.1, 0.15) is 24.8 Å². The lowest BCUT2D eigenvalue weighted by atomic mass is 10.2. The Labute approximate surface area is 86.3 Å². The van der Waals surface area contributed by atoms with Crippen molar-refractivity contribution in [2.75, 3.05) is 12.3 Å². The molecule has 0 atom stereocenters. The highest BCUT2D eigenvalue weighted by molar-refractivity contribution is 7.15. The predicted octanol–water partition coefficient (Wildman–Crippen LogP) is 1.01. The van der Waals surface area contributed by atoms with Crippen molar-refractivity contribution in [1.82, 2.24) is 10.2 Å². The molecule has 0 radical (unpaired) electrons. The van der Waals surface area contributed by atoms with E-state index in [1.54, 1.807) is 6.92 Å². The van der Waals surface area contributed by atoms with Crippen molar-refractivity contribution >= 4 is 22.4 Å². The van der Waals surface area contributed by atoms with E-state index in [1.165, 1.54) is 11.3 Å². The number of aryl methyl sites for hydroxylation is 1. The summed E-state index contributed by atoms with van der Waals surface area (Å²) in [5.41, 5.74) is 5.41. The third kappa shape index (κ3) is 3.69. The zero-order chi connectivity index (χ0) is 10.4. The zero-order valence-corrected chi connectivity index (χ0v) is 8.84. The zero-order valence-electron chi connectivity index (χ0n) is 8.02. The Bertz CT molecular complexity index is 301. The maximum absolute atomic E-state index is 11.0. The van der Waals surface area contributed by atoms with E-state index in [-0.39, 0.29) is 5.97 Å². The number of nitrogens with zero attached hydrogens (tertiary/aromatic N) is 2. The van der Waals surface area contributed by atoms with E-state index in [9.17, 15) is 4.79 Å². The van der Waals surface area contributed by atoms with Gasteiger partial charge in [0, 0.05) is 12.8 Å². The summed E-state index contributed by atoms with van der Waals surface area (Å²) in [6.45, 7) is 2.23. The third-order valence-corrected chi connectivity index (χ3v) is 2.37. The molecule has 0 aliphatic carbocycles. The standard InChI is InChI=1S/C8H13N3O2S/c1-2-13-7(12)5-3-4-6-10-11-8(9)14-6/h2-5H2,1H3,(H2,9,11). The average Bonchev–Trinajstić information content (AvgIpc) is 2.52. The second kappa shape index (κ2) is 5.54. The molecule has 1 aromatic heterocycles. The second-order valence-electron chi connectivity index (χ2n) is 2.69. The molecular weight excluding hydrogens is 202 g/mol. The first-order valence-electron chi connectivity index (χ1n) is 4.46. The number of carbonyl (C=O) groups is 1. The molecule has 1 aromatic rings. The fourth-order valence-corrected chi connectivity index (χ4v) is 1.64. The number of nitrogen functional groups attached to an aromatic ring is 1. The molecular formula is C8H13N3O2S. The van der Waals surface area contributed by atoms with Gasteiger partial charge in [-0.05, 0) is 13.3 Å². The third-order valence-electron chi connectivity index (χ3n) is 1.56. The number of esters is 1. The van der Waals surface area contributed by atoms with Gasteiger partial charge in [-0.2, -0.15) is 0 Å². The summed E-state index contributed by atoms with van der Waals surface area (Å²) < 4.78 is 4.79. The number of hydrogen-bond acceptors (Lipinski definition) is 6. The highest BCUT2D eigenvalue weighted by Crippen LogP contribution is 2.13. The summed E-state index contributed by atoms with van der Waals surface area (Å²) in [5, 5.41) is 8.87. The van der Waals surface area contributed by atoms with Crippen LogP contribution in [0.5, 0.6) is 0 Å². The number of rotatable bonds is 5. The smallest absolute Gasteiger partial charge is 0.305 e. The summed E-state index contributed by atoms with van der Waals surface area (Å²) in [6.07, 6.45) is 1.88. The molecule has 0 saturated carbocycles. The van der Waals surface area contributed by atoms with Gasteiger partial charge in [0.25, 0.3) is 0 Å². The van der Waals surface area contributed by atoms with Gasteiger partial charge in [-0.15, -0.1) is 10.2 Å². The summed E-state index contributed by atoms with van der Waals surface area (Å²) in [4.78, 5) is 11.0. The Morgan fingerprint density at radius 1 is 1.57 bits per heavy atom. The Morgan fingerprint density at radius 3 is 2.93 bits per heavy atom.